The molecule has 0 aromatic rings. The molecule has 1 rings (SSSR count). The first-order valence-electron chi connectivity index (χ1n) is 8.32. The molecule has 0 radical (unpaired) electrons. The molecule has 2 heteroatoms. The molecule has 2 nitrogen and oxygen atoms in total. The molecule has 3 unspecified atom stereocenters. The molecule has 1 aliphatic rings. The highest BCUT2D eigenvalue weighted by atomic mass is 16.5. The van der Waals surface area contributed by atoms with Crippen LogP contribution < -0.4 is 5.73 Å². The standard InChI is InChI=1S/C17H35NO/c1-5-6-7-8-9-12-19-16-13-14(17(2,3)4)10-11-15(16)18/h14-16H,5-13,18H2,1-4H3. The van der Waals surface area contributed by atoms with Crippen molar-refractivity contribution in [1.29, 1.82) is 0 Å². The Bertz CT molecular complexity index is 234. The maximum absolute atomic E-state index is 6.22. The molecule has 0 spiro atoms. The van der Waals surface area contributed by atoms with Crippen molar-refractivity contribution in [2.45, 2.75) is 91.2 Å². The second kappa shape index (κ2) is 8.26. The number of rotatable bonds is 7. The van der Waals surface area contributed by atoms with Gasteiger partial charge in [-0.25, -0.2) is 0 Å². The summed E-state index contributed by atoms with van der Waals surface area (Å²) in [6.45, 7) is 10.2. The Morgan fingerprint density at radius 3 is 2.37 bits per heavy atom. The van der Waals surface area contributed by atoms with E-state index in [0.29, 0.717) is 11.5 Å². The third-order valence-electron chi connectivity index (χ3n) is 4.65. The fourth-order valence-electron chi connectivity index (χ4n) is 3.07. The molecule has 0 aromatic heterocycles. The van der Waals surface area contributed by atoms with Gasteiger partial charge in [0.25, 0.3) is 0 Å². The summed E-state index contributed by atoms with van der Waals surface area (Å²) in [6.07, 6.45) is 10.4. The van der Waals surface area contributed by atoms with Crippen molar-refractivity contribution in [1.82, 2.24) is 0 Å². The maximum atomic E-state index is 6.22. The summed E-state index contributed by atoms with van der Waals surface area (Å²) in [5, 5.41) is 0. The van der Waals surface area contributed by atoms with Gasteiger partial charge in [0, 0.05) is 12.6 Å². The minimum Gasteiger partial charge on any atom is -0.377 e. The summed E-state index contributed by atoms with van der Waals surface area (Å²) in [5.41, 5.74) is 6.61. The van der Waals surface area contributed by atoms with Crippen LogP contribution in [0, 0.1) is 11.3 Å². The van der Waals surface area contributed by atoms with Gasteiger partial charge in [0.1, 0.15) is 0 Å². The van der Waals surface area contributed by atoms with Crippen LogP contribution in [0.1, 0.15) is 79.1 Å². The predicted octanol–water partition coefficient (Wildman–Crippen LogP) is 4.52. The zero-order valence-electron chi connectivity index (χ0n) is 13.6. The number of ether oxygens (including phenoxy) is 1. The van der Waals surface area contributed by atoms with Crippen molar-refractivity contribution in [3.05, 3.63) is 0 Å². The molecular weight excluding hydrogens is 234 g/mol. The highest BCUT2D eigenvalue weighted by Gasteiger charge is 2.34. The van der Waals surface area contributed by atoms with Gasteiger partial charge in [0.2, 0.25) is 0 Å². The van der Waals surface area contributed by atoms with Crippen LogP contribution in [-0.4, -0.2) is 18.8 Å². The maximum Gasteiger partial charge on any atom is 0.0728 e. The normalized spacial score (nSPS) is 28.6. The van der Waals surface area contributed by atoms with E-state index >= 15 is 0 Å². The summed E-state index contributed by atoms with van der Waals surface area (Å²) >= 11 is 0. The molecule has 19 heavy (non-hydrogen) atoms. The van der Waals surface area contributed by atoms with Crippen molar-refractivity contribution in [3.63, 3.8) is 0 Å². The molecule has 3 atom stereocenters. The molecule has 0 aliphatic heterocycles. The minimum absolute atomic E-state index is 0.259. The van der Waals surface area contributed by atoms with E-state index in [1.807, 2.05) is 0 Å². The Morgan fingerprint density at radius 2 is 1.74 bits per heavy atom. The Kier molecular flexibility index (Phi) is 7.38. The van der Waals surface area contributed by atoms with Gasteiger partial charge >= 0.3 is 0 Å². The van der Waals surface area contributed by atoms with E-state index < -0.39 is 0 Å². The smallest absolute Gasteiger partial charge is 0.0728 e. The van der Waals surface area contributed by atoms with Crippen molar-refractivity contribution in [3.8, 4) is 0 Å². The van der Waals surface area contributed by atoms with Crippen LogP contribution in [0.5, 0.6) is 0 Å². The van der Waals surface area contributed by atoms with E-state index in [-0.39, 0.29) is 6.04 Å². The molecular formula is C17H35NO. The summed E-state index contributed by atoms with van der Waals surface area (Å²) in [5.74, 6) is 0.761. The van der Waals surface area contributed by atoms with Gasteiger partial charge < -0.3 is 10.5 Å². The lowest BCUT2D eigenvalue weighted by Crippen LogP contribution is -2.44. The first kappa shape index (κ1) is 17.0. The number of hydrogen-bond acceptors (Lipinski definition) is 2. The summed E-state index contributed by atoms with van der Waals surface area (Å²) < 4.78 is 6.08. The highest BCUT2D eigenvalue weighted by Crippen LogP contribution is 2.38. The van der Waals surface area contributed by atoms with Gasteiger partial charge in [-0.15, -0.1) is 0 Å². The first-order chi connectivity index (χ1) is 8.95. The van der Waals surface area contributed by atoms with E-state index in [1.54, 1.807) is 0 Å². The fraction of sp³-hybridized carbons (Fsp3) is 1.00. The molecule has 0 aromatic carbocycles. The lowest BCUT2D eigenvalue weighted by Gasteiger charge is -2.40. The second-order valence-corrected chi connectivity index (χ2v) is 7.36. The quantitative estimate of drug-likeness (QED) is 0.690. The molecule has 0 saturated heterocycles. The van der Waals surface area contributed by atoms with Crippen LogP contribution in [0.3, 0.4) is 0 Å². The van der Waals surface area contributed by atoms with Crippen LogP contribution in [0.4, 0.5) is 0 Å². The Balaban J connectivity index is 2.23. The predicted molar refractivity (Wildman–Crippen MR) is 83.3 cm³/mol. The average molecular weight is 269 g/mol. The zero-order chi connectivity index (χ0) is 14.3. The molecule has 1 fully saturated rings. The third kappa shape index (κ3) is 6.27. The third-order valence-corrected chi connectivity index (χ3v) is 4.65. The lowest BCUT2D eigenvalue weighted by molar-refractivity contribution is -0.0202. The second-order valence-electron chi connectivity index (χ2n) is 7.36. The van der Waals surface area contributed by atoms with E-state index in [9.17, 15) is 0 Å². The van der Waals surface area contributed by atoms with Gasteiger partial charge in [-0.2, -0.15) is 0 Å². The number of unbranched alkanes of at least 4 members (excludes halogenated alkanes) is 4. The van der Waals surface area contributed by atoms with Gasteiger partial charge in [-0.3, -0.25) is 0 Å². The molecule has 1 aliphatic carbocycles. The monoisotopic (exact) mass is 269 g/mol. The van der Waals surface area contributed by atoms with Crippen LogP contribution in [0.25, 0.3) is 0 Å². The average Bonchev–Trinajstić information content (AvgIpc) is 2.34. The minimum atomic E-state index is 0.259. The summed E-state index contributed by atoms with van der Waals surface area (Å²) in [4.78, 5) is 0. The topological polar surface area (TPSA) is 35.2 Å². The van der Waals surface area contributed by atoms with Gasteiger partial charge in [-0.1, -0.05) is 53.4 Å². The van der Waals surface area contributed by atoms with E-state index in [2.05, 4.69) is 27.7 Å². The highest BCUT2D eigenvalue weighted by molar-refractivity contribution is 4.88. The van der Waals surface area contributed by atoms with Crippen LogP contribution in [-0.2, 0) is 4.74 Å². The Morgan fingerprint density at radius 1 is 1.05 bits per heavy atom. The number of hydrogen-bond donors (Lipinski definition) is 1. The molecule has 0 amide bonds. The van der Waals surface area contributed by atoms with Gasteiger partial charge in [0.05, 0.1) is 6.10 Å². The van der Waals surface area contributed by atoms with E-state index in [4.69, 9.17) is 10.5 Å². The number of nitrogens with two attached hydrogens (primary N) is 1. The molecule has 114 valence electrons. The summed E-state index contributed by atoms with van der Waals surface area (Å²) in [6, 6.07) is 0.259. The lowest BCUT2D eigenvalue weighted by atomic mass is 9.70. The van der Waals surface area contributed by atoms with Gasteiger partial charge in [-0.05, 0) is 37.0 Å². The molecule has 2 N–H and O–H groups in total. The largest absolute Gasteiger partial charge is 0.377 e. The first-order valence-corrected chi connectivity index (χ1v) is 8.32. The van der Waals surface area contributed by atoms with Crippen LogP contribution in [0.2, 0.25) is 0 Å². The zero-order valence-corrected chi connectivity index (χ0v) is 13.6. The van der Waals surface area contributed by atoms with Gasteiger partial charge in [0.15, 0.2) is 0 Å². The van der Waals surface area contributed by atoms with Crippen molar-refractivity contribution >= 4 is 0 Å². The van der Waals surface area contributed by atoms with E-state index in [1.165, 1.54) is 38.5 Å². The van der Waals surface area contributed by atoms with Crippen molar-refractivity contribution in [2.75, 3.05) is 6.61 Å². The molecule has 0 heterocycles. The Labute approximate surface area is 120 Å². The molecule has 1 saturated carbocycles. The fourth-order valence-corrected chi connectivity index (χ4v) is 3.07. The SMILES string of the molecule is CCCCCCCOC1CC(C(C)(C)C)CCC1N. The van der Waals surface area contributed by atoms with E-state index in [0.717, 1.165) is 25.4 Å². The Hall–Kier alpha value is -0.0800. The van der Waals surface area contributed by atoms with Crippen molar-refractivity contribution < 1.29 is 4.74 Å². The van der Waals surface area contributed by atoms with Crippen LogP contribution in [0.15, 0.2) is 0 Å². The van der Waals surface area contributed by atoms with Crippen LogP contribution >= 0.6 is 0 Å². The van der Waals surface area contributed by atoms with Crippen molar-refractivity contribution in [2.24, 2.45) is 17.1 Å². The summed E-state index contributed by atoms with van der Waals surface area (Å²) in [7, 11) is 0. The molecule has 0 bridgehead atoms.